The van der Waals surface area contributed by atoms with Crippen molar-refractivity contribution in [3.63, 3.8) is 0 Å². The number of hydrogen-bond acceptors (Lipinski definition) is 4. The molecule has 0 fully saturated rings. The number of benzene rings is 1. The van der Waals surface area contributed by atoms with Crippen LogP contribution in [-0.4, -0.2) is 29.7 Å². The molecule has 1 aromatic carbocycles. The number of carboxylic acid groups (broad SMARTS) is 1. The van der Waals surface area contributed by atoms with E-state index in [-0.39, 0.29) is 17.1 Å². The summed E-state index contributed by atoms with van der Waals surface area (Å²) in [6.45, 7) is 1.51. The molecule has 0 unspecified atom stereocenters. The second-order valence-corrected chi connectivity index (χ2v) is 6.90. The van der Waals surface area contributed by atoms with Crippen LogP contribution in [0.1, 0.15) is 21.7 Å². The number of rotatable bonds is 5. The standard InChI is InChI=1S/C12H12BrN3O4S/c1-7-11(10(12(17)18)16-15-7)21(19,20)14-6-8-2-4-9(13)5-3-8/h2-5,14H,6H2,1H3,(H,15,16)(H,17,18). The van der Waals surface area contributed by atoms with E-state index in [4.69, 9.17) is 5.11 Å². The highest BCUT2D eigenvalue weighted by Crippen LogP contribution is 2.18. The Bertz CT molecular complexity index is 768. The molecule has 0 spiro atoms. The third-order valence-corrected chi connectivity index (χ3v) is 4.83. The Labute approximate surface area is 129 Å². The lowest BCUT2D eigenvalue weighted by atomic mass is 10.2. The van der Waals surface area contributed by atoms with Crippen molar-refractivity contribution in [2.24, 2.45) is 0 Å². The van der Waals surface area contributed by atoms with Crippen LogP contribution in [0.3, 0.4) is 0 Å². The van der Waals surface area contributed by atoms with Gasteiger partial charge >= 0.3 is 5.97 Å². The minimum absolute atomic E-state index is 0.0549. The number of aromatic carboxylic acids is 1. The summed E-state index contributed by atoms with van der Waals surface area (Å²) in [7, 11) is -3.97. The molecule has 1 aromatic heterocycles. The first-order chi connectivity index (χ1) is 9.81. The Hall–Kier alpha value is -1.71. The highest BCUT2D eigenvalue weighted by molar-refractivity contribution is 9.10. The van der Waals surface area contributed by atoms with Gasteiger partial charge in [0, 0.05) is 11.0 Å². The van der Waals surface area contributed by atoms with Crippen LogP contribution in [0, 0.1) is 6.92 Å². The van der Waals surface area contributed by atoms with E-state index in [9.17, 15) is 13.2 Å². The summed E-state index contributed by atoms with van der Waals surface area (Å²) in [5, 5.41) is 14.9. The summed E-state index contributed by atoms with van der Waals surface area (Å²) in [4.78, 5) is 10.7. The number of aromatic amines is 1. The fourth-order valence-corrected chi connectivity index (χ4v) is 3.35. The summed E-state index contributed by atoms with van der Waals surface area (Å²) in [6.07, 6.45) is 0. The minimum Gasteiger partial charge on any atom is -0.476 e. The normalized spacial score (nSPS) is 11.5. The van der Waals surface area contributed by atoms with E-state index in [1.165, 1.54) is 6.92 Å². The monoisotopic (exact) mass is 373 g/mol. The number of aromatic nitrogens is 2. The molecule has 0 aliphatic heterocycles. The molecule has 21 heavy (non-hydrogen) atoms. The first-order valence-electron chi connectivity index (χ1n) is 5.83. The van der Waals surface area contributed by atoms with E-state index >= 15 is 0 Å². The average Bonchev–Trinajstić information content (AvgIpc) is 2.81. The van der Waals surface area contributed by atoms with E-state index in [1.54, 1.807) is 24.3 Å². The Morgan fingerprint density at radius 2 is 2.00 bits per heavy atom. The molecule has 0 atom stereocenters. The van der Waals surface area contributed by atoms with E-state index < -0.39 is 21.7 Å². The zero-order chi connectivity index (χ0) is 15.6. The number of nitrogens with zero attached hydrogens (tertiary/aromatic N) is 1. The Morgan fingerprint density at radius 3 is 2.57 bits per heavy atom. The number of carbonyl (C=O) groups is 1. The molecule has 2 rings (SSSR count). The van der Waals surface area contributed by atoms with Gasteiger partial charge in [-0.1, -0.05) is 28.1 Å². The number of carboxylic acids is 1. The van der Waals surface area contributed by atoms with Crippen LogP contribution < -0.4 is 4.72 Å². The molecule has 2 aromatic rings. The fraction of sp³-hybridized carbons (Fsp3) is 0.167. The molecule has 7 nitrogen and oxygen atoms in total. The van der Waals surface area contributed by atoms with Crippen molar-refractivity contribution in [2.45, 2.75) is 18.4 Å². The van der Waals surface area contributed by atoms with Gasteiger partial charge in [0.05, 0.1) is 5.69 Å². The van der Waals surface area contributed by atoms with Gasteiger partial charge in [-0.15, -0.1) is 0 Å². The lowest BCUT2D eigenvalue weighted by Gasteiger charge is -2.07. The van der Waals surface area contributed by atoms with Gasteiger partial charge in [0.25, 0.3) is 0 Å². The largest absolute Gasteiger partial charge is 0.476 e. The average molecular weight is 374 g/mol. The zero-order valence-electron chi connectivity index (χ0n) is 10.9. The van der Waals surface area contributed by atoms with E-state index in [2.05, 4.69) is 30.8 Å². The number of H-pyrrole nitrogens is 1. The first kappa shape index (κ1) is 15.7. The zero-order valence-corrected chi connectivity index (χ0v) is 13.3. The highest BCUT2D eigenvalue weighted by atomic mass is 79.9. The van der Waals surface area contributed by atoms with E-state index in [1.807, 2.05) is 0 Å². The first-order valence-corrected chi connectivity index (χ1v) is 8.11. The Balaban J connectivity index is 2.25. The number of nitrogens with one attached hydrogen (secondary N) is 2. The van der Waals surface area contributed by atoms with Gasteiger partial charge in [-0.25, -0.2) is 17.9 Å². The van der Waals surface area contributed by atoms with Crippen LogP contribution in [0.4, 0.5) is 0 Å². The lowest BCUT2D eigenvalue weighted by Crippen LogP contribution is -2.25. The maximum Gasteiger partial charge on any atom is 0.357 e. The van der Waals surface area contributed by atoms with Crippen LogP contribution in [0.25, 0.3) is 0 Å². The highest BCUT2D eigenvalue weighted by Gasteiger charge is 2.27. The number of sulfonamides is 1. The summed E-state index contributed by atoms with van der Waals surface area (Å²) < 4.78 is 27.7. The van der Waals surface area contributed by atoms with Crippen molar-refractivity contribution in [2.75, 3.05) is 0 Å². The van der Waals surface area contributed by atoms with Crippen LogP contribution in [0.15, 0.2) is 33.6 Å². The van der Waals surface area contributed by atoms with Gasteiger partial charge in [-0.3, -0.25) is 5.10 Å². The topological polar surface area (TPSA) is 112 Å². The van der Waals surface area contributed by atoms with Gasteiger partial charge in [0.1, 0.15) is 4.90 Å². The molecule has 3 N–H and O–H groups in total. The van der Waals surface area contributed by atoms with Gasteiger partial charge < -0.3 is 5.11 Å². The van der Waals surface area contributed by atoms with Gasteiger partial charge in [-0.2, -0.15) is 5.10 Å². The Morgan fingerprint density at radius 1 is 1.38 bits per heavy atom. The molecule has 0 aliphatic rings. The second kappa shape index (κ2) is 5.96. The molecule has 0 saturated carbocycles. The molecule has 0 saturated heterocycles. The molecule has 9 heteroatoms. The van der Waals surface area contributed by atoms with Gasteiger partial charge in [-0.05, 0) is 24.6 Å². The van der Waals surface area contributed by atoms with Crippen LogP contribution >= 0.6 is 15.9 Å². The lowest BCUT2D eigenvalue weighted by molar-refractivity contribution is 0.0686. The van der Waals surface area contributed by atoms with Crippen molar-refractivity contribution in [1.29, 1.82) is 0 Å². The van der Waals surface area contributed by atoms with Crippen molar-refractivity contribution in [3.8, 4) is 0 Å². The third kappa shape index (κ3) is 3.49. The summed E-state index contributed by atoms with van der Waals surface area (Å²) in [5.74, 6) is -1.40. The van der Waals surface area contributed by atoms with Crippen molar-refractivity contribution in [1.82, 2.24) is 14.9 Å². The molecule has 0 bridgehead atoms. The third-order valence-electron chi connectivity index (χ3n) is 2.74. The number of hydrogen-bond donors (Lipinski definition) is 3. The molecule has 0 radical (unpaired) electrons. The summed E-state index contributed by atoms with van der Waals surface area (Å²) in [6, 6.07) is 7.09. The molecule has 112 valence electrons. The predicted molar refractivity (Wildman–Crippen MR) is 78.5 cm³/mol. The van der Waals surface area contributed by atoms with Crippen molar-refractivity contribution in [3.05, 3.63) is 45.7 Å². The maximum absolute atomic E-state index is 12.2. The molecule has 0 amide bonds. The van der Waals surface area contributed by atoms with Crippen LogP contribution in [-0.2, 0) is 16.6 Å². The second-order valence-electron chi connectivity index (χ2n) is 4.28. The SMILES string of the molecule is Cc1[nH]nc(C(=O)O)c1S(=O)(=O)NCc1ccc(Br)cc1. The van der Waals surface area contributed by atoms with E-state index in [0.717, 1.165) is 10.0 Å². The number of halogens is 1. The van der Waals surface area contributed by atoms with Gasteiger partial charge in [0.15, 0.2) is 5.69 Å². The quantitative estimate of drug-likeness (QED) is 0.737. The van der Waals surface area contributed by atoms with Gasteiger partial charge in [0.2, 0.25) is 10.0 Å². The van der Waals surface area contributed by atoms with Crippen molar-refractivity contribution < 1.29 is 18.3 Å². The molecular formula is C12H12BrN3O4S. The minimum atomic E-state index is -3.97. The van der Waals surface area contributed by atoms with Crippen molar-refractivity contribution >= 4 is 31.9 Å². The smallest absolute Gasteiger partial charge is 0.357 e. The molecule has 1 heterocycles. The fourth-order valence-electron chi connectivity index (χ4n) is 1.75. The van der Waals surface area contributed by atoms with E-state index in [0.29, 0.717) is 0 Å². The maximum atomic E-state index is 12.2. The molecule has 0 aliphatic carbocycles. The Kier molecular flexibility index (Phi) is 4.45. The number of aryl methyl sites for hydroxylation is 1. The molecular weight excluding hydrogens is 362 g/mol. The summed E-state index contributed by atoms with van der Waals surface area (Å²) in [5.41, 5.74) is 0.409. The predicted octanol–water partition coefficient (Wildman–Crippen LogP) is 1.66. The van der Waals surface area contributed by atoms with Crippen LogP contribution in [0.2, 0.25) is 0 Å². The van der Waals surface area contributed by atoms with Crippen LogP contribution in [0.5, 0.6) is 0 Å². The summed E-state index contributed by atoms with van der Waals surface area (Å²) >= 11 is 3.29.